The highest BCUT2D eigenvalue weighted by atomic mass is 79.9. The van der Waals surface area contributed by atoms with Gasteiger partial charge < -0.3 is 5.11 Å². The van der Waals surface area contributed by atoms with E-state index in [1.54, 1.807) is 0 Å². The van der Waals surface area contributed by atoms with Crippen LogP contribution >= 0.6 is 15.9 Å². The van der Waals surface area contributed by atoms with Crippen LogP contribution in [0.3, 0.4) is 0 Å². The zero-order valence-electron chi connectivity index (χ0n) is 9.03. The Balaban J connectivity index is 2.14. The molecule has 0 aliphatic heterocycles. The number of carbonyl (C=O) groups is 1. The van der Waals surface area contributed by atoms with E-state index in [0.29, 0.717) is 6.42 Å². The van der Waals surface area contributed by atoms with Crippen LogP contribution in [-0.2, 0) is 4.79 Å². The summed E-state index contributed by atoms with van der Waals surface area (Å²) in [7, 11) is 0. The van der Waals surface area contributed by atoms with E-state index < -0.39 is 6.10 Å². The molecule has 0 spiro atoms. The summed E-state index contributed by atoms with van der Waals surface area (Å²) in [5.41, 5.74) is 0.837. The maximum Gasteiger partial charge on any atom is 0.138 e. The number of rotatable bonds is 2. The van der Waals surface area contributed by atoms with Crippen LogP contribution in [0.5, 0.6) is 0 Å². The van der Waals surface area contributed by atoms with Gasteiger partial charge in [0.1, 0.15) is 5.78 Å². The molecule has 0 saturated heterocycles. The third kappa shape index (κ3) is 2.53. The Morgan fingerprint density at radius 1 is 1.25 bits per heavy atom. The summed E-state index contributed by atoms with van der Waals surface area (Å²) < 4.78 is 0.985. The third-order valence-corrected chi connectivity index (χ3v) is 3.72. The fraction of sp³-hybridized carbons (Fsp3) is 0.462. The van der Waals surface area contributed by atoms with Gasteiger partial charge in [0.15, 0.2) is 0 Å². The molecule has 1 aromatic carbocycles. The zero-order chi connectivity index (χ0) is 11.5. The van der Waals surface area contributed by atoms with Crippen molar-refractivity contribution in [3.8, 4) is 0 Å². The van der Waals surface area contributed by atoms with Crippen LogP contribution < -0.4 is 0 Å². The first-order valence-electron chi connectivity index (χ1n) is 5.65. The monoisotopic (exact) mass is 282 g/mol. The van der Waals surface area contributed by atoms with E-state index in [4.69, 9.17) is 0 Å². The average molecular weight is 283 g/mol. The first-order chi connectivity index (χ1) is 7.68. The fourth-order valence-corrected chi connectivity index (χ4v) is 2.50. The van der Waals surface area contributed by atoms with Gasteiger partial charge in [0.25, 0.3) is 0 Å². The molecule has 0 aromatic heterocycles. The number of Topliss-reactive ketones (excluding diaryl/α,β-unsaturated/α-hetero) is 1. The van der Waals surface area contributed by atoms with Gasteiger partial charge in [-0.25, -0.2) is 0 Å². The normalized spacial score (nSPS) is 23.1. The number of carbonyl (C=O) groups excluding carboxylic acids is 1. The van der Waals surface area contributed by atoms with Crippen LogP contribution in [-0.4, -0.2) is 10.9 Å². The summed E-state index contributed by atoms with van der Waals surface area (Å²) in [5.74, 6) is 0.0107. The van der Waals surface area contributed by atoms with E-state index in [1.807, 2.05) is 24.3 Å². The molecule has 1 aliphatic carbocycles. The minimum atomic E-state index is -0.638. The van der Waals surface area contributed by atoms with Gasteiger partial charge in [-0.3, -0.25) is 4.79 Å². The lowest BCUT2D eigenvalue weighted by Crippen LogP contribution is -2.25. The molecule has 1 aliphatic rings. The Morgan fingerprint density at radius 3 is 2.56 bits per heavy atom. The lowest BCUT2D eigenvalue weighted by atomic mass is 9.82. The average Bonchev–Trinajstić information content (AvgIpc) is 2.30. The summed E-state index contributed by atoms with van der Waals surface area (Å²) in [6.45, 7) is 0. The minimum absolute atomic E-state index is 0.199. The van der Waals surface area contributed by atoms with E-state index in [1.165, 1.54) is 0 Å². The van der Waals surface area contributed by atoms with Crippen LogP contribution in [0.4, 0.5) is 0 Å². The lowest BCUT2D eigenvalue weighted by Gasteiger charge is -2.25. The molecule has 0 radical (unpaired) electrons. The SMILES string of the molecule is O=C1CCCC[C@@H]1[C@H](O)c1ccc(Br)cc1. The molecular weight excluding hydrogens is 268 g/mol. The van der Waals surface area contributed by atoms with Gasteiger partial charge in [-0.15, -0.1) is 0 Å². The summed E-state index contributed by atoms with van der Waals surface area (Å²) in [6, 6.07) is 7.53. The first kappa shape index (κ1) is 11.8. The van der Waals surface area contributed by atoms with E-state index >= 15 is 0 Å². The molecule has 0 heterocycles. The highest BCUT2D eigenvalue weighted by molar-refractivity contribution is 9.10. The molecule has 2 rings (SSSR count). The quantitative estimate of drug-likeness (QED) is 0.904. The highest BCUT2D eigenvalue weighted by Crippen LogP contribution is 2.32. The topological polar surface area (TPSA) is 37.3 Å². The Bertz CT molecular complexity index is 372. The van der Waals surface area contributed by atoms with Crippen LogP contribution in [0.15, 0.2) is 28.7 Å². The van der Waals surface area contributed by atoms with Crippen molar-refractivity contribution in [3.05, 3.63) is 34.3 Å². The Labute approximate surface area is 104 Å². The second-order valence-electron chi connectivity index (χ2n) is 4.31. The molecular formula is C13H15BrO2. The van der Waals surface area contributed by atoms with Crippen LogP contribution in [0.1, 0.15) is 37.4 Å². The highest BCUT2D eigenvalue weighted by Gasteiger charge is 2.29. The van der Waals surface area contributed by atoms with E-state index in [-0.39, 0.29) is 11.7 Å². The predicted octanol–water partition coefficient (Wildman–Crippen LogP) is 3.24. The standard InChI is InChI=1S/C13H15BrO2/c14-10-7-5-9(6-8-10)13(16)11-3-1-2-4-12(11)15/h5-8,11,13,16H,1-4H2/t11-,13+/m0/s1. The lowest BCUT2D eigenvalue weighted by molar-refractivity contribution is -0.128. The summed E-state index contributed by atoms with van der Waals surface area (Å²) in [5, 5.41) is 10.2. The maximum atomic E-state index is 11.7. The van der Waals surface area contributed by atoms with E-state index in [9.17, 15) is 9.90 Å². The summed E-state index contributed by atoms with van der Waals surface area (Å²) in [6.07, 6.45) is 2.82. The summed E-state index contributed by atoms with van der Waals surface area (Å²) in [4.78, 5) is 11.7. The molecule has 1 saturated carbocycles. The Hall–Kier alpha value is -0.670. The van der Waals surface area contributed by atoms with Gasteiger partial charge in [0.05, 0.1) is 6.10 Å². The van der Waals surface area contributed by atoms with Crippen molar-refractivity contribution in [1.29, 1.82) is 0 Å². The number of hydrogen-bond acceptors (Lipinski definition) is 2. The van der Waals surface area contributed by atoms with Gasteiger partial charge in [-0.2, -0.15) is 0 Å². The van der Waals surface area contributed by atoms with Gasteiger partial charge in [0, 0.05) is 16.8 Å². The van der Waals surface area contributed by atoms with Crippen molar-refractivity contribution in [2.24, 2.45) is 5.92 Å². The predicted molar refractivity (Wildman–Crippen MR) is 66.1 cm³/mol. The zero-order valence-corrected chi connectivity index (χ0v) is 10.6. The number of aliphatic hydroxyl groups excluding tert-OH is 1. The third-order valence-electron chi connectivity index (χ3n) is 3.19. The van der Waals surface area contributed by atoms with Gasteiger partial charge in [0.2, 0.25) is 0 Å². The van der Waals surface area contributed by atoms with Crippen LogP contribution in [0.2, 0.25) is 0 Å². The number of ketones is 1. The fourth-order valence-electron chi connectivity index (χ4n) is 2.24. The molecule has 2 nitrogen and oxygen atoms in total. The maximum absolute atomic E-state index is 11.7. The van der Waals surface area contributed by atoms with Crippen molar-refractivity contribution in [3.63, 3.8) is 0 Å². The van der Waals surface area contributed by atoms with Crippen molar-refractivity contribution in [2.45, 2.75) is 31.8 Å². The molecule has 0 bridgehead atoms. The van der Waals surface area contributed by atoms with Gasteiger partial charge in [-0.05, 0) is 30.5 Å². The second kappa shape index (κ2) is 5.11. The molecule has 1 fully saturated rings. The molecule has 0 amide bonds. The first-order valence-corrected chi connectivity index (χ1v) is 6.44. The molecule has 86 valence electrons. The van der Waals surface area contributed by atoms with Crippen molar-refractivity contribution >= 4 is 21.7 Å². The van der Waals surface area contributed by atoms with Gasteiger partial charge in [-0.1, -0.05) is 34.5 Å². The molecule has 16 heavy (non-hydrogen) atoms. The molecule has 1 N–H and O–H groups in total. The number of benzene rings is 1. The van der Waals surface area contributed by atoms with Crippen molar-refractivity contribution < 1.29 is 9.90 Å². The van der Waals surface area contributed by atoms with Crippen molar-refractivity contribution in [1.82, 2.24) is 0 Å². The minimum Gasteiger partial charge on any atom is -0.388 e. The molecule has 0 unspecified atom stereocenters. The van der Waals surface area contributed by atoms with E-state index in [0.717, 1.165) is 29.3 Å². The Morgan fingerprint density at radius 2 is 1.94 bits per heavy atom. The molecule has 1 aromatic rings. The smallest absolute Gasteiger partial charge is 0.138 e. The molecule has 3 heteroatoms. The molecule has 2 atom stereocenters. The number of halogens is 1. The largest absolute Gasteiger partial charge is 0.388 e. The Kier molecular flexibility index (Phi) is 3.77. The number of aliphatic hydroxyl groups is 1. The summed E-state index contributed by atoms with van der Waals surface area (Å²) >= 11 is 3.35. The van der Waals surface area contributed by atoms with Gasteiger partial charge >= 0.3 is 0 Å². The van der Waals surface area contributed by atoms with E-state index in [2.05, 4.69) is 15.9 Å². The van der Waals surface area contributed by atoms with Crippen molar-refractivity contribution in [2.75, 3.05) is 0 Å². The van der Waals surface area contributed by atoms with Crippen LogP contribution in [0, 0.1) is 5.92 Å². The van der Waals surface area contributed by atoms with Crippen LogP contribution in [0.25, 0.3) is 0 Å². The number of hydrogen-bond donors (Lipinski definition) is 1. The second-order valence-corrected chi connectivity index (χ2v) is 5.23.